The SMILES string of the molecule is O=C(N1CCC(O)CC1)N1CCC(n2ncc(C(=O)N3CCCC3c3ccccc3C(F)(F)F)c2C2CC2)CC1. The van der Waals surface area contributed by atoms with Gasteiger partial charge in [0.05, 0.1) is 41.2 Å². The van der Waals surface area contributed by atoms with E-state index in [0.717, 1.165) is 37.4 Å². The number of halogens is 3. The lowest BCUT2D eigenvalue weighted by molar-refractivity contribution is -0.138. The number of hydrogen-bond acceptors (Lipinski definition) is 4. The molecule has 2 aromatic rings. The van der Waals surface area contributed by atoms with E-state index in [-0.39, 0.29) is 35.6 Å². The molecule has 3 saturated heterocycles. The number of benzene rings is 1. The topological polar surface area (TPSA) is 81.9 Å². The number of aliphatic hydroxyl groups excluding tert-OH is 1. The van der Waals surface area contributed by atoms with Gasteiger partial charge >= 0.3 is 12.2 Å². The zero-order valence-electron chi connectivity index (χ0n) is 22.5. The Morgan fingerprint density at radius 2 is 1.52 bits per heavy atom. The fraction of sp³-hybridized carbons (Fsp3) is 0.621. The van der Waals surface area contributed by atoms with Crippen LogP contribution in [0.1, 0.15) is 96.5 Å². The van der Waals surface area contributed by atoms with E-state index in [9.17, 15) is 27.9 Å². The molecule has 1 unspecified atom stereocenters. The van der Waals surface area contributed by atoms with Gasteiger partial charge in [0, 0.05) is 38.6 Å². The van der Waals surface area contributed by atoms with Crippen LogP contribution >= 0.6 is 0 Å². The van der Waals surface area contributed by atoms with Crippen LogP contribution < -0.4 is 0 Å². The number of likely N-dealkylation sites (tertiary alicyclic amines) is 3. The molecule has 11 heteroatoms. The lowest BCUT2D eigenvalue weighted by Gasteiger charge is -2.38. The van der Waals surface area contributed by atoms with Crippen LogP contribution in [0.5, 0.6) is 0 Å². The Balaban J connectivity index is 1.18. The number of nitrogens with zero attached hydrogens (tertiary/aromatic N) is 5. The predicted octanol–water partition coefficient (Wildman–Crippen LogP) is 4.97. The van der Waals surface area contributed by atoms with Crippen molar-refractivity contribution in [1.82, 2.24) is 24.5 Å². The monoisotopic (exact) mass is 559 g/mol. The minimum atomic E-state index is -4.48. The third kappa shape index (κ3) is 5.20. The summed E-state index contributed by atoms with van der Waals surface area (Å²) in [5.41, 5.74) is 0.875. The Morgan fingerprint density at radius 3 is 2.17 bits per heavy atom. The summed E-state index contributed by atoms with van der Waals surface area (Å²) in [4.78, 5) is 32.2. The molecule has 6 rings (SSSR count). The molecule has 216 valence electrons. The van der Waals surface area contributed by atoms with E-state index in [1.165, 1.54) is 12.1 Å². The maximum Gasteiger partial charge on any atom is 0.416 e. The molecule has 1 aliphatic carbocycles. The van der Waals surface area contributed by atoms with Crippen LogP contribution in [0.2, 0.25) is 0 Å². The maximum absolute atomic E-state index is 13.9. The summed E-state index contributed by atoms with van der Waals surface area (Å²) >= 11 is 0. The standard InChI is InChI=1S/C29H36F3N5O3/c30-29(31,32)24-5-2-1-4-22(24)25-6-3-13-36(25)27(39)23-18-33-37(26(23)19-7-8-19)20-9-14-34(15-10-20)28(40)35-16-11-21(38)12-17-35/h1-2,4-5,18-21,25,38H,3,6-17H2. The van der Waals surface area contributed by atoms with Crippen LogP contribution in [0.3, 0.4) is 0 Å². The number of aliphatic hydroxyl groups is 1. The first-order chi connectivity index (χ1) is 19.2. The molecule has 1 aromatic heterocycles. The molecule has 0 spiro atoms. The average molecular weight is 560 g/mol. The van der Waals surface area contributed by atoms with E-state index >= 15 is 0 Å². The summed E-state index contributed by atoms with van der Waals surface area (Å²) in [5.74, 6) is -0.0167. The van der Waals surface area contributed by atoms with Crippen molar-refractivity contribution in [1.29, 1.82) is 0 Å². The Labute approximate surface area is 231 Å². The summed E-state index contributed by atoms with van der Waals surface area (Å²) in [5, 5.41) is 14.4. The fourth-order valence-electron chi connectivity index (χ4n) is 6.68. The van der Waals surface area contributed by atoms with Crippen molar-refractivity contribution in [2.75, 3.05) is 32.7 Å². The number of rotatable bonds is 4. The van der Waals surface area contributed by atoms with Crippen LogP contribution in [0.15, 0.2) is 30.5 Å². The quantitative estimate of drug-likeness (QED) is 0.574. The Kier molecular flexibility index (Phi) is 7.27. The van der Waals surface area contributed by atoms with Crippen molar-refractivity contribution in [2.24, 2.45) is 0 Å². The highest BCUT2D eigenvalue weighted by atomic mass is 19.4. The van der Waals surface area contributed by atoms with Gasteiger partial charge in [0.25, 0.3) is 5.91 Å². The molecule has 3 amide bonds. The molecular formula is C29H36F3N5O3. The summed E-state index contributed by atoms with van der Waals surface area (Å²) in [6, 6.07) is 5.03. The molecule has 1 saturated carbocycles. The maximum atomic E-state index is 13.9. The average Bonchev–Trinajstić information content (AvgIpc) is 3.50. The minimum Gasteiger partial charge on any atom is -0.393 e. The number of aromatic nitrogens is 2. The molecular weight excluding hydrogens is 523 g/mol. The largest absolute Gasteiger partial charge is 0.416 e. The smallest absolute Gasteiger partial charge is 0.393 e. The summed E-state index contributed by atoms with van der Waals surface area (Å²) in [7, 11) is 0. The highest BCUT2D eigenvalue weighted by Crippen LogP contribution is 2.45. The molecule has 3 aliphatic heterocycles. The molecule has 0 bridgehead atoms. The van der Waals surface area contributed by atoms with Crippen molar-refractivity contribution in [3.63, 3.8) is 0 Å². The number of piperidine rings is 2. The van der Waals surface area contributed by atoms with Crippen LogP contribution in [-0.2, 0) is 6.18 Å². The molecule has 4 heterocycles. The van der Waals surface area contributed by atoms with E-state index < -0.39 is 17.8 Å². The Bertz CT molecular complexity index is 1240. The van der Waals surface area contributed by atoms with Gasteiger partial charge in [0.15, 0.2) is 0 Å². The number of amides is 3. The van der Waals surface area contributed by atoms with Gasteiger partial charge in [-0.15, -0.1) is 0 Å². The van der Waals surface area contributed by atoms with E-state index in [1.807, 2.05) is 14.5 Å². The summed E-state index contributed by atoms with van der Waals surface area (Å²) in [6.45, 7) is 2.75. The van der Waals surface area contributed by atoms with Gasteiger partial charge in [0.2, 0.25) is 0 Å². The van der Waals surface area contributed by atoms with E-state index in [2.05, 4.69) is 5.10 Å². The van der Waals surface area contributed by atoms with E-state index in [1.54, 1.807) is 17.2 Å². The number of hydrogen-bond donors (Lipinski definition) is 1. The van der Waals surface area contributed by atoms with Crippen molar-refractivity contribution in [3.05, 3.63) is 52.8 Å². The number of alkyl halides is 3. The normalized spacial score (nSPS) is 23.2. The molecule has 1 N–H and O–H groups in total. The third-order valence-electron chi connectivity index (χ3n) is 8.98. The van der Waals surface area contributed by atoms with E-state index in [0.29, 0.717) is 64.0 Å². The first-order valence-corrected chi connectivity index (χ1v) is 14.5. The van der Waals surface area contributed by atoms with Gasteiger partial charge in [-0.25, -0.2) is 4.79 Å². The summed E-state index contributed by atoms with van der Waals surface area (Å²) < 4.78 is 43.3. The first kappa shape index (κ1) is 27.1. The summed E-state index contributed by atoms with van der Waals surface area (Å²) in [6.07, 6.45) is 2.53. The molecule has 0 radical (unpaired) electrons. The third-order valence-corrected chi connectivity index (χ3v) is 8.98. The second-order valence-corrected chi connectivity index (χ2v) is 11.6. The van der Waals surface area contributed by atoms with Gasteiger partial charge in [-0.05, 0) is 63.0 Å². The second-order valence-electron chi connectivity index (χ2n) is 11.6. The van der Waals surface area contributed by atoms with Crippen LogP contribution in [0.25, 0.3) is 0 Å². The van der Waals surface area contributed by atoms with Crippen LogP contribution in [-0.4, -0.2) is 80.4 Å². The zero-order valence-corrected chi connectivity index (χ0v) is 22.5. The highest BCUT2D eigenvalue weighted by molar-refractivity contribution is 5.96. The lowest BCUT2D eigenvalue weighted by atomic mass is 9.97. The van der Waals surface area contributed by atoms with Gasteiger partial charge in [-0.2, -0.15) is 18.3 Å². The van der Waals surface area contributed by atoms with Crippen molar-refractivity contribution < 1.29 is 27.9 Å². The van der Waals surface area contributed by atoms with Crippen molar-refractivity contribution in [2.45, 2.75) is 81.6 Å². The zero-order chi connectivity index (χ0) is 28.0. The molecule has 8 nitrogen and oxygen atoms in total. The fourth-order valence-corrected chi connectivity index (χ4v) is 6.68. The van der Waals surface area contributed by atoms with Gasteiger partial charge in [-0.1, -0.05) is 18.2 Å². The Hall–Kier alpha value is -3.08. The van der Waals surface area contributed by atoms with Crippen LogP contribution in [0.4, 0.5) is 18.0 Å². The number of carbonyl (C=O) groups is 2. The van der Waals surface area contributed by atoms with Crippen molar-refractivity contribution >= 4 is 11.9 Å². The Morgan fingerprint density at radius 1 is 0.875 bits per heavy atom. The number of carbonyl (C=O) groups excluding carboxylic acids is 2. The van der Waals surface area contributed by atoms with Crippen molar-refractivity contribution in [3.8, 4) is 0 Å². The molecule has 1 aromatic carbocycles. The van der Waals surface area contributed by atoms with Gasteiger partial charge in [-0.3, -0.25) is 9.48 Å². The highest BCUT2D eigenvalue weighted by Gasteiger charge is 2.42. The molecule has 4 fully saturated rings. The number of urea groups is 1. The van der Waals surface area contributed by atoms with Gasteiger partial charge in [0.1, 0.15) is 0 Å². The minimum absolute atomic E-state index is 0.0170. The first-order valence-electron chi connectivity index (χ1n) is 14.5. The molecule has 1 atom stereocenters. The molecule has 4 aliphatic rings. The molecule has 40 heavy (non-hydrogen) atoms. The lowest BCUT2D eigenvalue weighted by Crippen LogP contribution is -2.50. The predicted molar refractivity (Wildman–Crippen MR) is 141 cm³/mol. The van der Waals surface area contributed by atoms with Crippen LogP contribution in [0, 0.1) is 0 Å². The second kappa shape index (κ2) is 10.7. The van der Waals surface area contributed by atoms with E-state index in [4.69, 9.17) is 0 Å². The van der Waals surface area contributed by atoms with Gasteiger partial charge < -0.3 is 19.8 Å².